The summed E-state index contributed by atoms with van der Waals surface area (Å²) in [6.45, 7) is 0.191. The van der Waals surface area contributed by atoms with Crippen molar-refractivity contribution in [3.63, 3.8) is 0 Å². The third-order valence-corrected chi connectivity index (χ3v) is 4.94. The SMILES string of the molecule is COc1ccc(NC(=O)CC2NC(=O)N(CCc3ccc(OC)c(OC)c3)C2=O)cc1. The maximum Gasteiger partial charge on any atom is 0.324 e. The summed E-state index contributed by atoms with van der Waals surface area (Å²) in [4.78, 5) is 38.3. The largest absolute Gasteiger partial charge is 0.497 e. The Morgan fingerprint density at radius 2 is 1.71 bits per heavy atom. The number of anilines is 1. The molecule has 0 spiro atoms. The first-order valence-corrected chi connectivity index (χ1v) is 9.72. The van der Waals surface area contributed by atoms with Gasteiger partial charge in [0.15, 0.2) is 11.5 Å². The van der Waals surface area contributed by atoms with Crippen LogP contribution >= 0.6 is 0 Å². The second-order valence-electron chi connectivity index (χ2n) is 6.91. The first kappa shape index (κ1) is 21.9. The molecule has 31 heavy (non-hydrogen) atoms. The molecule has 1 aliphatic rings. The molecule has 3 rings (SSSR count). The van der Waals surface area contributed by atoms with Crippen LogP contribution in [0.2, 0.25) is 0 Å². The van der Waals surface area contributed by atoms with Crippen LogP contribution in [0.1, 0.15) is 12.0 Å². The van der Waals surface area contributed by atoms with Gasteiger partial charge in [0.25, 0.3) is 5.91 Å². The molecule has 0 bridgehead atoms. The molecule has 9 heteroatoms. The molecular formula is C22H25N3O6. The minimum Gasteiger partial charge on any atom is -0.497 e. The minimum atomic E-state index is -0.892. The van der Waals surface area contributed by atoms with Crippen LogP contribution in [0, 0.1) is 0 Å². The number of nitrogens with one attached hydrogen (secondary N) is 2. The molecule has 0 radical (unpaired) electrons. The fourth-order valence-corrected chi connectivity index (χ4v) is 3.28. The average molecular weight is 427 g/mol. The number of nitrogens with zero attached hydrogens (tertiary/aromatic N) is 1. The Morgan fingerprint density at radius 3 is 2.35 bits per heavy atom. The van der Waals surface area contributed by atoms with Crippen molar-refractivity contribution in [1.29, 1.82) is 0 Å². The monoisotopic (exact) mass is 427 g/mol. The lowest BCUT2D eigenvalue weighted by atomic mass is 10.1. The molecule has 0 aliphatic carbocycles. The summed E-state index contributed by atoms with van der Waals surface area (Å²) in [6, 6.07) is 10.8. The Bertz CT molecular complexity index is 960. The lowest BCUT2D eigenvalue weighted by Gasteiger charge is -2.14. The molecule has 9 nitrogen and oxygen atoms in total. The quantitative estimate of drug-likeness (QED) is 0.595. The van der Waals surface area contributed by atoms with E-state index in [4.69, 9.17) is 14.2 Å². The highest BCUT2D eigenvalue weighted by Crippen LogP contribution is 2.28. The molecule has 2 N–H and O–H groups in total. The molecule has 1 unspecified atom stereocenters. The molecule has 2 aromatic rings. The highest BCUT2D eigenvalue weighted by atomic mass is 16.5. The lowest BCUT2D eigenvalue weighted by Crippen LogP contribution is -2.34. The van der Waals surface area contributed by atoms with Gasteiger partial charge in [-0.05, 0) is 48.4 Å². The van der Waals surface area contributed by atoms with Crippen molar-refractivity contribution < 1.29 is 28.6 Å². The zero-order chi connectivity index (χ0) is 22.4. The fraction of sp³-hybridized carbons (Fsp3) is 0.318. The Kier molecular flexibility index (Phi) is 6.96. The molecule has 0 saturated carbocycles. The summed E-state index contributed by atoms with van der Waals surface area (Å²) >= 11 is 0. The van der Waals surface area contributed by atoms with Crippen LogP contribution in [0.3, 0.4) is 0 Å². The van der Waals surface area contributed by atoms with Gasteiger partial charge in [-0.1, -0.05) is 6.07 Å². The standard InChI is InChI=1S/C22H25N3O6/c1-29-16-7-5-15(6-8-16)23-20(26)13-17-21(27)25(22(28)24-17)11-10-14-4-9-18(30-2)19(12-14)31-3/h4-9,12,17H,10-11,13H2,1-3H3,(H,23,26)(H,24,28). The van der Waals surface area contributed by atoms with Crippen molar-refractivity contribution in [2.45, 2.75) is 18.9 Å². The third-order valence-electron chi connectivity index (χ3n) is 4.94. The van der Waals surface area contributed by atoms with Crippen molar-refractivity contribution in [2.24, 2.45) is 0 Å². The topological polar surface area (TPSA) is 106 Å². The van der Waals surface area contributed by atoms with Gasteiger partial charge in [-0.2, -0.15) is 0 Å². The summed E-state index contributed by atoms with van der Waals surface area (Å²) in [6.07, 6.45) is 0.299. The van der Waals surface area contributed by atoms with Gasteiger partial charge in [0.2, 0.25) is 5.91 Å². The maximum absolute atomic E-state index is 12.6. The van der Waals surface area contributed by atoms with Crippen molar-refractivity contribution >= 4 is 23.5 Å². The third kappa shape index (κ3) is 5.25. The second-order valence-corrected chi connectivity index (χ2v) is 6.91. The summed E-state index contributed by atoms with van der Waals surface area (Å²) in [7, 11) is 4.65. The van der Waals surface area contributed by atoms with Crippen molar-refractivity contribution in [3.05, 3.63) is 48.0 Å². The van der Waals surface area contributed by atoms with Gasteiger partial charge in [-0.15, -0.1) is 0 Å². The van der Waals surface area contributed by atoms with Gasteiger partial charge in [-0.3, -0.25) is 14.5 Å². The number of hydrogen-bond acceptors (Lipinski definition) is 6. The highest BCUT2D eigenvalue weighted by Gasteiger charge is 2.38. The number of imide groups is 1. The number of ether oxygens (including phenoxy) is 3. The van der Waals surface area contributed by atoms with Crippen LogP contribution < -0.4 is 24.8 Å². The zero-order valence-electron chi connectivity index (χ0n) is 17.6. The number of amides is 4. The Balaban J connectivity index is 1.55. The van der Waals surface area contributed by atoms with E-state index in [-0.39, 0.29) is 18.9 Å². The van der Waals surface area contributed by atoms with Crippen LogP contribution in [-0.2, 0) is 16.0 Å². The number of hydrogen-bond donors (Lipinski definition) is 2. The van der Waals surface area contributed by atoms with Gasteiger partial charge in [0, 0.05) is 12.2 Å². The first-order valence-electron chi connectivity index (χ1n) is 9.72. The molecule has 0 aromatic heterocycles. The molecule has 1 heterocycles. The Hall–Kier alpha value is -3.75. The number of methoxy groups -OCH3 is 3. The number of urea groups is 1. The van der Waals surface area contributed by atoms with E-state index in [0.717, 1.165) is 10.5 Å². The summed E-state index contributed by atoms with van der Waals surface area (Å²) in [5.74, 6) is 1.05. The Labute approximate surface area is 180 Å². The van der Waals surface area contributed by atoms with E-state index in [1.807, 2.05) is 6.07 Å². The number of benzene rings is 2. The Morgan fingerprint density at radius 1 is 1.00 bits per heavy atom. The number of carbonyl (C=O) groups is 3. The van der Waals surface area contributed by atoms with E-state index in [2.05, 4.69) is 10.6 Å². The van der Waals surface area contributed by atoms with Crippen LogP contribution in [0.25, 0.3) is 0 Å². The van der Waals surface area contributed by atoms with E-state index in [1.54, 1.807) is 57.7 Å². The smallest absolute Gasteiger partial charge is 0.324 e. The van der Waals surface area contributed by atoms with E-state index < -0.39 is 18.0 Å². The zero-order valence-corrected chi connectivity index (χ0v) is 17.6. The van der Waals surface area contributed by atoms with Gasteiger partial charge >= 0.3 is 6.03 Å². The van der Waals surface area contributed by atoms with E-state index in [0.29, 0.717) is 29.4 Å². The second kappa shape index (κ2) is 9.84. The molecular weight excluding hydrogens is 402 g/mol. The van der Waals surface area contributed by atoms with Gasteiger partial charge < -0.3 is 24.8 Å². The maximum atomic E-state index is 12.6. The summed E-state index contributed by atoms with van der Waals surface area (Å²) < 4.78 is 15.6. The minimum absolute atomic E-state index is 0.149. The predicted octanol–water partition coefficient (Wildman–Crippen LogP) is 2.20. The van der Waals surface area contributed by atoms with Crippen molar-refractivity contribution in [3.8, 4) is 17.2 Å². The summed E-state index contributed by atoms with van der Waals surface area (Å²) in [5, 5.41) is 5.29. The van der Waals surface area contributed by atoms with Gasteiger partial charge in [-0.25, -0.2) is 4.79 Å². The van der Waals surface area contributed by atoms with Crippen molar-refractivity contribution in [2.75, 3.05) is 33.2 Å². The molecule has 1 aliphatic heterocycles. The van der Waals surface area contributed by atoms with E-state index in [1.165, 1.54) is 0 Å². The highest BCUT2D eigenvalue weighted by molar-refractivity contribution is 6.06. The number of carbonyl (C=O) groups excluding carboxylic acids is 3. The van der Waals surface area contributed by atoms with E-state index >= 15 is 0 Å². The molecule has 1 fully saturated rings. The van der Waals surface area contributed by atoms with Crippen LogP contribution in [-0.4, -0.2) is 56.7 Å². The average Bonchev–Trinajstić information content (AvgIpc) is 3.04. The number of rotatable bonds is 9. The first-order chi connectivity index (χ1) is 14.9. The summed E-state index contributed by atoms with van der Waals surface area (Å²) in [5.41, 5.74) is 1.46. The molecule has 4 amide bonds. The molecule has 1 saturated heterocycles. The molecule has 2 aromatic carbocycles. The van der Waals surface area contributed by atoms with E-state index in [9.17, 15) is 14.4 Å². The fourth-order valence-electron chi connectivity index (χ4n) is 3.28. The van der Waals surface area contributed by atoms with Crippen LogP contribution in [0.4, 0.5) is 10.5 Å². The normalized spacial score (nSPS) is 15.5. The van der Waals surface area contributed by atoms with Gasteiger partial charge in [0.1, 0.15) is 11.8 Å². The lowest BCUT2D eigenvalue weighted by molar-refractivity contribution is -0.129. The predicted molar refractivity (Wildman–Crippen MR) is 114 cm³/mol. The molecule has 1 atom stereocenters. The van der Waals surface area contributed by atoms with Gasteiger partial charge in [0.05, 0.1) is 27.8 Å². The van der Waals surface area contributed by atoms with Crippen molar-refractivity contribution in [1.82, 2.24) is 10.2 Å². The van der Waals surface area contributed by atoms with Crippen LogP contribution in [0.15, 0.2) is 42.5 Å². The van der Waals surface area contributed by atoms with Crippen LogP contribution in [0.5, 0.6) is 17.2 Å². The molecule has 164 valence electrons.